The summed E-state index contributed by atoms with van der Waals surface area (Å²) < 4.78 is 0. The van der Waals surface area contributed by atoms with Crippen molar-refractivity contribution in [3.8, 4) is 0 Å². The fraction of sp³-hybridized carbons (Fsp3) is 0.625. The molecule has 0 saturated heterocycles. The highest BCUT2D eigenvalue weighted by Crippen LogP contribution is 2.05. The van der Waals surface area contributed by atoms with E-state index in [4.69, 9.17) is 0 Å². The fourth-order valence-electron chi connectivity index (χ4n) is 2.03. The van der Waals surface area contributed by atoms with Crippen LogP contribution in [0.15, 0.2) is 18.3 Å². The van der Waals surface area contributed by atoms with Crippen LogP contribution in [0.5, 0.6) is 0 Å². The standard InChI is InChI=1S/C16H28N4O/c1-4-10-17-15-9-8-14(13-19-15)16(21)18-11-7-12-20(5-2)6-3/h8-9,13H,4-7,10-12H2,1-3H3,(H,17,19)(H,18,21). The van der Waals surface area contributed by atoms with Crippen LogP contribution in [0.3, 0.4) is 0 Å². The molecule has 5 nitrogen and oxygen atoms in total. The van der Waals surface area contributed by atoms with Gasteiger partial charge in [-0.2, -0.15) is 0 Å². The van der Waals surface area contributed by atoms with Crippen molar-refractivity contribution in [1.82, 2.24) is 15.2 Å². The predicted octanol–water partition coefficient (Wildman–Crippen LogP) is 2.37. The van der Waals surface area contributed by atoms with Gasteiger partial charge in [-0.25, -0.2) is 4.98 Å². The second kappa shape index (κ2) is 10.2. The molecule has 0 aliphatic heterocycles. The lowest BCUT2D eigenvalue weighted by Gasteiger charge is -2.17. The van der Waals surface area contributed by atoms with Crippen molar-refractivity contribution in [2.24, 2.45) is 0 Å². The molecule has 0 aliphatic rings. The molecule has 0 bridgehead atoms. The van der Waals surface area contributed by atoms with E-state index in [2.05, 4.69) is 41.3 Å². The summed E-state index contributed by atoms with van der Waals surface area (Å²) in [5, 5.41) is 6.13. The van der Waals surface area contributed by atoms with Crippen molar-refractivity contribution < 1.29 is 4.79 Å². The molecule has 0 unspecified atom stereocenters. The number of aromatic nitrogens is 1. The number of pyridine rings is 1. The Labute approximate surface area is 128 Å². The molecule has 0 spiro atoms. The molecular weight excluding hydrogens is 264 g/mol. The van der Waals surface area contributed by atoms with Crippen molar-refractivity contribution in [1.29, 1.82) is 0 Å². The van der Waals surface area contributed by atoms with E-state index < -0.39 is 0 Å². The molecule has 2 N–H and O–H groups in total. The quantitative estimate of drug-likeness (QED) is 0.650. The van der Waals surface area contributed by atoms with E-state index in [0.717, 1.165) is 44.8 Å². The Morgan fingerprint density at radius 3 is 2.52 bits per heavy atom. The molecule has 0 atom stereocenters. The first kappa shape index (κ1) is 17.4. The van der Waals surface area contributed by atoms with Crippen LogP contribution in [-0.4, -0.2) is 48.5 Å². The van der Waals surface area contributed by atoms with Crippen molar-refractivity contribution in [3.05, 3.63) is 23.9 Å². The topological polar surface area (TPSA) is 57.3 Å². The lowest BCUT2D eigenvalue weighted by molar-refractivity contribution is 0.0951. The van der Waals surface area contributed by atoms with Crippen LogP contribution in [0, 0.1) is 0 Å². The monoisotopic (exact) mass is 292 g/mol. The number of nitrogens with zero attached hydrogens (tertiary/aromatic N) is 2. The van der Waals surface area contributed by atoms with Gasteiger partial charge >= 0.3 is 0 Å². The number of carbonyl (C=O) groups excluding carboxylic acids is 1. The molecule has 21 heavy (non-hydrogen) atoms. The minimum absolute atomic E-state index is 0.0518. The van der Waals surface area contributed by atoms with E-state index in [-0.39, 0.29) is 5.91 Å². The average molecular weight is 292 g/mol. The summed E-state index contributed by atoms with van der Waals surface area (Å²) in [6.07, 6.45) is 3.64. The first-order valence-corrected chi connectivity index (χ1v) is 7.91. The van der Waals surface area contributed by atoms with E-state index in [0.29, 0.717) is 12.1 Å². The van der Waals surface area contributed by atoms with Gasteiger partial charge in [0.1, 0.15) is 5.82 Å². The van der Waals surface area contributed by atoms with Gasteiger partial charge in [-0.15, -0.1) is 0 Å². The number of nitrogens with one attached hydrogen (secondary N) is 2. The minimum Gasteiger partial charge on any atom is -0.370 e. The van der Waals surface area contributed by atoms with Crippen molar-refractivity contribution in [3.63, 3.8) is 0 Å². The first-order valence-electron chi connectivity index (χ1n) is 7.91. The SMILES string of the molecule is CCCNc1ccc(C(=O)NCCCN(CC)CC)cn1. The third-order valence-electron chi connectivity index (χ3n) is 3.41. The average Bonchev–Trinajstić information content (AvgIpc) is 2.53. The van der Waals surface area contributed by atoms with Gasteiger partial charge in [0.2, 0.25) is 0 Å². The largest absolute Gasteiger partial charge is 0.370 e. The summed E-state index contributed by atoms with van der Waals surface area (Å²) in [5.41, 5.74) is 0.611. The summed E-state index contributed by atoms with van der Waals surface area (Å²) in [6, 6.07) is 3.66. The van der Waals surface area contributed by atoms with Crippen LogP contribution in [0.4, 0.5) is 5.82 Å². The van der Waals surface area contributed by atoms with E-state index >= 15 is 0 Å². The highest BCUT2D eigenvalue weighted by molar-refractivity contribution is 5.93. The molecule has 1 aromatic rings. The van der Waals surface area contributed by atoms with Crippen molar-refractivity contribution in [2.45, 2.75) is 33.6 Å². The van der Waals surface area contributed by atoms with E-state index in [9.17, 15) is 4.79 Å². The molecule has 0 saturated carbocycles. The highest BCUT2D eigenvalue weighted by Gasteiger charge is 2.06. The lowest BCUT2D eigenvalue weighted by atomic mass is 10.2. The van der Waals surface area contributed by atoms with Crippen LogP contribution in [-0.2, 0) is 0 Å². The molecule has 0 aromatic carbocycles. The molecule has 118 valence electrons. The summed E-state index contributed by atoms with van der Waals surface area (Å²) >= 11 is 0. The van der Waals surface area contributed by atoms with Crippen molar-refractivity contribution >= 4 is 11.7 Å². The zero-order chi connectivity index (χ0) is 15.5. The molecule has 1 amide bonds. The third kappa shape index (κ3) is 6.58. The Morgan fingerprint density at radius 1 is 1.19 bits per heavy atom. The van der Waals surface area contributed by atoms with Gasteiger partial charge in [0.05, 0.1) is 5.56 Å². The molecule has 0 fully saturated rings. The predicted molar refractivity (Wildman–Crippen MR) is 87.8 cm³/mol. The second-order valence-corrected chi connectivity index (χ2v) is 5.00. The normalized spacial score (nSPS) is 10.7. The molecule has 1 heterocycles. The molecule has 0 radical (unpaired) electrons. The van der Waals surface area contributed by atoms with Crippen molar-refractivity contribution in [2.75, 3.05) is 38.0 Å². The highest BCUT2D eigenvalue weighted by atomic mass is 16.1. The Kier molecular flexibility index (Phi) is 8.43. The Morgan fingerprint density at radius 2 is 1.95 bits per heavy atom. The molecule has 5 heteroatoms. The number of hydrogen-bond donors (Lipinski definition) is 2. The Balaban J connectivity index is 2.31. The summed E-state index contributed by atoms with van der Waals surface area (Å²) in [7, 11) is 0. The number of anilines is 1. The number of amides is 1. The van der Waals surface area contributed by atoms with E-state index in [1.807, 2.05) is 12.1 Å². The summed E-state index contributed by atoms with van der Waals surface area (Å²) in [6.45, 7) is 11.1. The van der Waals surface area contributed by atoms with Crippen LogP contribution in [0.25, 0.3) is 0 Å². The Bertz CT molecular complexity index is 401. The van der Waals surface area contributed by atoms with E-state index in [1.165, 1.54) is 0 Å². The maximum Gasteiger partial charge on any atom is 0.252 e. The molecule has 1 aromatic heterocycles. The van der Waals surface area contributed by atoms with Gasteiger partial charge in [-0.1, -0.05) is 20.8 Å². The summed E-state index contributed by atoms with van der Waals surface area (Å²) in [5.74, 6) is 0.763. The lowest BCUT2D eigenvalue weighted by Crippen LogP contribution is -2.29. The zero-order valence-electron chi connectivity index (χ0n) is 13.5. The third-order valence-corrected chi connectivity index (χ3v) is 3.41. The van der Waals surface area contributed by atoms with Crippen LogP contribution >= 0.6 is 0 Å². The first-order chi connectivity index (χ1) is 10.2. The maximum atomic E-state index is 12.0. The number of hydrogen-bond acceptors (Lipinski definition) is 4. The fourth-order valence-corrected chi connectivity index (χ4v) is 2.03. The van der Waals surface area contributed by atoms with Gasteiger partial charge in [-0.05, 0) is 44.6 Å². The van der Waals surface area contributed by atoms with Gasteiger partial charge in [0.15, 0.2) is 0 Å². The molecule has 1 rings (SSSR count). The zero-order valence-corrected chi connectivity index (χ0v) is 13.5. The second-order valence-electron chi connectivity index (χ2n) is 5.00. The molecular formula is C16H28N4O. The van der Waals surface area contributed by atoms with Gasteiger partial charge in [-0.3, -0.25) is 4.79 Å². The number of rotatable bonds is 10. The number of carbonyl (C=O) groups is 1. The minimum atomic E-state index is -0.0518. The van der Waals surface area contributed by atoms with Crippen LogP contribution < -0.4 is 10.6 Å². The van der Waals surface area contributed by atoms with Gasteiger partial charge < -0.3 is 15.5 Å². The van der Waals surface area contributed by atoms with Gasteiger partial charge in [0, 0.05) is 19.3 Å². The van der Waals surface area contributed by atoms with Gasteiger partial charge in [0.25, 0.3) is 5.91 Å². The Hall–Kier alpha value is -1.62. The van der Waals surface area contributed by atoms with Crippen LogP contribution in [0.2, 0.25) is 0 Å². The molecule has 0 aliphatic carbocycles. The summed E-state index contributed by atoms with van der Waals surface area (Å²) in [4.78, 5) is 18.6. The van der Waals surface area contributed by atoms with E-state index in [1.54, 1.807) is 6.20 Å². The van der Waals surface area contributed by atoms with Crippen LogP contribution in [0.1, 0.15) is 44.0 Å². The smallest absolute Gasteiger partial charge is 0.252 e. The maximum absolute atomic E-state index is 12.0.